The number of amides is 1. The van der Waals surface area contributed by atoms with E-state index in [0.717, 1.165) is 17.7 Å². The van der Waals surface area contributed by atoms with Crippen molar-refractivity contribution >= 4 is 22.0 Å². The number of carboxylic acid groups (broad SMARTS) is 1. The number of benzene rings is 2. The van der Waals surface area contributed by atoms with Gasteiger partial charge in [-0.25, -0.2) is 4.79 Å². The van der Waals surface area contributed by atoms with Gasteiger partial charge in [-0.3, -0.25) is 9.35 Å². The van der Waals surface area contributed by atoms with Gasteiger partial charge in [0.2, 0.25) is 0 Å². The number of carbonyl (C=O) groups excluding carboxylic acids is 1. The Hall–Kier alpha value is -2.71. The highest BCUT2D eigenvalue weighted by Gasteiger charge is 2.21. The molecule has 0 aliphatic heterocycles. The van der Waals surface area contributed by atoms with Gasteiger partial charge in [0, 0.05) is 12.0 Å². The maximum absolute atomic E-state index is 12.1. The zero-order valence-electron chi connectivity index (χ0n) is 12.4. The van der Waals surface area contributed by atoms with Gasteiger partial charge in [0.15, 0.2) is 0 Å². The summed E-state index contributed by atoms with van der Waals surface area (Å²) in [5.74, 6) is -1.83. The molecule has 7 nitrogen and oxygen atoms in total. The SMILES string of the molecule is O=C(N[C@@H](Cc1ccccc1)C(=O)O)c1ccc(S(=O)(=O)O)cc1. The number of rotatable bonds is 6. The molecule has 0 saturated carbocycles. The maximum Gasteiger partial charge on any atom is 0.326 e. The maximum atomic E-state index is 12.1. The first-order valence-corrected chi connectivity index (χ1v) is 8.36. The van der Waals surface area contributed by atoms with Gasteiger partial charge in [-0.15, -0.1) is 0 Å². The van der Waals surface area contributed by atoms with E-state index < -0.39 is 28.0 Å². The molecule has 1 atom stereocenters. The van der Waals surface area contributed by atoms with Crippen LogP contribution in [0.2, 0.25) is 0 Å². The van der Waals surface area contributed by atoms with Gasteiger partial charge in [0.25, 0.3) is 16.0 Å². The summed E-state index contributed by atoms with van der Waals surface area (Å²) in [6, 6.07) is 12.2. The lowest BCUT2D eigenvalue weighted by Crippen LogP contribution is -2.42. The van der Waals surface area contributed by atoms with Gasteiger partial charge in [0.1, 0.15) is 6.04 Å². The number of carboxylic acids is 1. The molecule has 0 radical (unpaired) electrons. The Labute approximate surface area is 138 Å². The molecule has 1 amide bonds. The van der Waals surface area contributed by atoms with Crippen molar-refractivity contribution < 1.29 is 27.7 Å². The van der Waals surface area contributed by atoms with E-state index in [9.17, 15) is 23.1 Å². The first-order chi connectivity index (χ1) is 11.3. The van der Waals surface area contributed by atoms with Crippen LogP contribution in [0.5, 0.6) is 0 Å². The fourth-order valence-electron chi connectivity index (χ4n) is 2.07. The summed E-state index contributed by atoms with van der Waals surface area (Å²) in [6.07, 6.45) is 0.116. The molecule has 0 saturated heterocycles. The largest absolute Gasteiger partial charge is 0.480 e. The monoisotopic (exact) mass is 349 g/mol. The minimum Gasteiger partial charge on any atom is -0.480 e. The molecule has 3 N–H and O–H groups in total. The fourth-order valence-corrected chi connectivity index (χ4v) is 2.55. The van der Waals surface area contributed by atoms with Crippen molar-refractivity contribution in [3.8, 4) is 0 Å². The second kappa shape index (κ2) is 7.24. The molecule has 0 heterocycles. The molecule has 0 bridgehead atoms. The van der Waals surface area contributed by atoms with Crippen LogP contribution in [0, 0.1) is 0 Å². The molecule has 24 heavy (non-hydrogen) atoms. The molecule has 0 fully saturated rings. The van der Waals surface area contributed by atoms with Crippen LogP contribution in [0.1, 0.15) is 15.9 Å². The van der Waals surface area contributed by atoms with E-state index in [4.69, 9.17) is 4.55 Å². The van der Waals surface area contributed by atoms with Crippen LogP contribution in [-0.2, 0) is 21.3 Å². The zero-order valence-corrected chi connectivity index (χ0v) is 13.2. The third-order valence-corrected chi connectivity index (χ3v) is 4.17. The Morgan fingerprint density at radius 2 is 1.58 bits per heavy atom. The van der Waals surface area contributed by atoms with Gasteiger partial charge >= 0.3 is 5.97 Å². The van der Waals surface area contributed by atoms with Crippen molar-refractivity contribution in [1.82, 2.24) is 5.32 Å². The molecule has 2 aromatic carbocycles. The standard InChI is InChI=1S/C16H15NO6S/c18-15(12-6-8-13(9-7-12)24(21,22)23)17-14(16(19)20)10-11-4-2-1-3-5-11/h1-9,14H,10H2,(H,17,18)(H,19,20)(H,21,22,23)/t14-/m0/s1. The molecule has 126 valence electrons. The highest BCUT2D eigenvalue weighted by molar-refractivity contribution is 7.85. The third kappa shape index (κ3) is 4.64. The Morgan fingerprint density at radius 1 is 1.00 bits per heavy atom. The number of hydrogen-bond acceptors (Lipinski definition) is 4. The highest BCUT2D eigenvalue weighted by Crippen LogP contribution is 2.11. The van der Waals surface area contributed by atoms with Gasteiger partial charge in [0.05, 0.1) is 4.90 Å². The molecule has 0 spiro atoms. The molecule has 2 aromatic rings. The zero-order chi connectivity index (χ0) is 17.7. The fraction of sp³-hybridized carbons (Fsp3) is 0.125. The van der Waals surface area contributed by atoms with Crippen molar-refractivity contribution in [2.24, 2.45) is 0 Å². The lowest BCUT2D eigenvalue weighted by Gasteiger charge is -2.14. The van der Waals surface area contributed by atoms with E-state index in [2.05, 4.69) is 5.32 Å². The number of hydrogen-bond donors (Lipinski definition) is 3. The Balaban J connectivity index is 2.12. The molecular formula is C16H15NO6S. The molecule has 0 aromatic heterocycles. The van der Waals surface area contributed by atoms with Gasteiger partial charge < -0.3 is 10.4 Å². The number of nitrogens with one attached hydrogen (secondary N) is 1. The van der Waals surface area contributed by atoms with Crippen molar-refractivity contribution in [3.63, 3.8) is 0 Å². The summed E-state index contributed by atoms with van der Waals surface area (Å²) in [4.78, 5) is 23.1. The number of aliphatic carboxylic acids is 1. The van der Waals surface area contributed by atoms with Gasteiger partial charge in [-0.05, 0) is 29.8 Å². The predicted molar refractivity (Wildman–Crippen MR) is 85.3 cm³/mol. The van der Waals surface area contributed by atoms with Crippen LogP contribution < -0.4 is 5.32 Å². The molecular weight excluding hydrogens is 334 g/mol. The summed E-state index contributed by atoms with van der Waals surface area (Å²) in [5, 5.41) is 11.6. The van der Waals surface area contributed by atoms with Crippen molar-refractivity contribution in [2.45, 2.75) is 17.4 Å². The molecule has 2 rings (SSSR count). The average molecular weight is 349 g/mol. The normalized spacial score (nSPS) is 12.4. The second-order valence-corrected chi connectivity index (χ2v) is 6.47. The van der Waals surface area contributed by atoms with Crippen LogP contribution >= 0.6 is 0 Å². The predicted octanol–water partition coefficient (Wildman–Crippen LogP) is 1.36. The van der Waals surface area contributed by atoms with Gasteiger partial charge in [-0.1, -0.05) is 30.3 Å². The third-order valence-electron chi connectivity index (χ3n) is 3.30. The minimum absolute atomic E-state index is 0.0849. The smallest absolute Gasteiger partial charge is 0.326 e. The lowest BCUT2D eigenvalue weighted by molar-refractivity contribution is -0.139. The lowest BCUT2D eigenvalue weighted by atomic mass is 10.1. The van der Waals surface area contributed by atoms with Crippen molar-refractivity contribution in [2.75, 3.05) is 0 Å². The Kier molecular flexibility index (Phi) is 5.32. The molecule has 0 aliphatic rings. The van der Waals surface area contributed by atoms with Crippen molar-refractivity contribution in [1.29, 1.82) is 0 Å². The van der Waals surface area contributed by atoms with E-state index in [1.54, 1.807) is 30.3 Å². The van der Waals surface area contributed by atoms with E-state index in [-0.39, 0.29) is 16.9 Å². The Morgan fingerprint density at radius 3 is 2.08 bits per heavy atom. The summed E-state index contributed by atoms with van der Waals surface area (Å²) >= 11 is 0. The van der Waals surface area contributed by atoms with Crippen LogP contribution in [0.4, 0.5) is 0 Å². The first kappa shape index (κ1) is 17.6. The average Bonchev–Trinajstić information content (AvgIpc) is 2.54. The molecule has 8 heteroatoms. The van der Waals surface area contributed by atoms with E-state index in [0.29, 0.717) is 0 Å². The summed E-state index contributed by atoms with van der Waals surface area (Å²) in [5.41, 5.74) is 0.841. The minimum atomic E-state index is -4.35. The van der Waals surface area contributed by atoms with Crippen LogP contribution in [0.25, 0.3) is 0 Å². The van der Waals surface area contributed by atoms with Crippen molar-refractivity contribution in [3.05, 3.63) is 65.7 Å². The topological polar surface area (TPSA) is 121 Å². The summed E-state index contributed by atoms with van der Waals surface area (Å²) in [7, 11) is -4.35. The molecule has 0 unspecified atom stereocenters. The first-order valence-electron chi connectivity index (χ1n) is 6.92. The summed E-state index contributed by atoms with van der Waals surface area (Å²) < 4.78 is 30.8. The quantitative estimate of drug-likeness (QED) is 0.677. The number of carbonyl (C=O) groups is 2. The van der Waals surface area contributed by atoms with Crippen LogP contribution in [0.3, 0.4) is 0 Å². The highest BCUT2D eigenvalue weighted by atomic mass is 32.2. The van der Waals surface area contributed by atoms with E-state index in [1.165, 1.54) is 12.1 Å². The van der Waals surface area contributed by atoms with Crippen LogP contribution in [-0.4, -0.2) is 36.0 Å². The summed E-state index contributed by atoms with van der Waals surface area (Å²) in [6.45, 7) is 0. The van der Waals surface area contributed by atoms with Crippen LogP contribution in [0.15, 0.2) is 59.5 Å². The Bertz CT molecular complexity index is 831. The van der Waals surface area contributed by atoms with Gasteiger partial charge in [-0.2, -0.15) is 8.42 Å². The van der Waals surface area contributed by atoms with E-state index >= 15 is 0 Å². The second-order valence-electron chi connectivity index (χ2n) is 5.05. The molecule has 0 aliphatic carbocycles. The van der Waals surface area contributed by atoms with E-state index in [1.807, 2.05) is 0 Å².